The first kappa shape index (κ1) is 30.9. The summed E-state index contributed by atoms with van der Waals surface area (Å²) in [6, 6.07) is 12.3. The van der Waals surface area contributed by atoms with Crippen LogP contribution in [0.5, 0.6) is 17.2 Å². The van der Waals surface area contributed by atoms with Gasteiger partial charge in [-0.3, -0.25) is 9.59 Å². The van der Waals surface area contributed by atoms with E-state index in [0.29, 0.717) is 36.5 Å². The quantitative estimate of drug-likeness (QED) is 0.379. The minimum absolute atomic E-state index is 0.0134. The second-order valence-electron chi connectivity index (χ2n) is 11.3. The molecule has 4 rings (SSSR count). The molecule has 0 radical (unpaired) electrons. The minimum Gasteiger partial charge on any atom is -0.493 e. The van der Waals surface area contributed by atoms with Gasteiger partial charge in [-0.1, -0.05) is 44.4 Å². The molecular formula is C32H43N2O6+. The van der Waals surface area contributed by atoms with Gasteiger partial charge in [-0.05, 0) is 69.0 Å². The molecule has 0 saturated heterocycles. The zero-order chi connectivity index (χ0) is 29.3. The maximum absolute atomic E-state index is 13.9. The molecule has 0 aliphatic carbocycles. The van der Waals surface area contributed by atoms with Crippen LogP contribution < -0.4 is 14.5 Å². The van der Waals surface area contributed by atoms with Crippen LogP contribution in [0.15, 0.2) is 42.5 Å². The molecule has 2 aliphatic heterocycles. The van der Waals surface area contributed by atoms with E-state index in [1.165, 1.54) is 11.1 Å². The number of methoxy groups -OCH3 is 1. The summed E-state index contributed by atoms with van der Waals surface area (Å²) in [6.07, 6.45) is 5.78. The molecule has 2 aromatic rings. The maximum Gasteiger partial charge on any atom is 0.594 e. The second-order valence-corrected chi connectivity index (χ2v) is 11.3. The fourth-order valence-electron chi connectivity index (χ4n) is 4.69. The van der Waals surface area contributed by atoms with E-state index in [-0.39, 0.29) is 11.7 Å². The summed E-state index contributed by atoms with van der Waals surface area (Å²) in [5.41, 5.74) is 1.05. The van der Waals surface area contributed by atoms with Crippen molar-refractivity contribution >= 4 is 24.0 Å². The predicted molar refractivity (Wildman–Crippen MR) is 154 cm³/mol. The number of hydrogen-bond donors (Lipinski definition) is 1. The Bertz CT molecular complexity index is 1200. The average Bonchev–Trinajstić information content (AvgIpc) is 2.91. The zero-order valence-electron chi connectivity index (χ0n) is 24.6. The normalized spacial score (nSPS) is 17.9. The molecule has 8 nitrogen and oxygen atoms in total. The van der Waals surface area contributed by atoms with Gasteiger partial charge in [0.1, 0.15) is 17.3 Å². The van der Waals surface area contributed by atoms with E-state index in [0.717, 1.165) is 36.8 Å². The van der Waals surface area contributed by atoms with Crippen LogP contribution in [0.25, 0.3) is 0 Å². The van der Waals surface area contributed by atoms with Crippen LogP contribution in [0.1, 0.15) is 70.9 Å². The summed E-state index contributed by atoms with van der Waals surface area (Å²) in [5, 5.41) is 0. The van der Waals surface area contributed by atoms with Gasteiger partial charge in [0.25, 0.3) is 0 Å². The number of ether oxygens (including phenoxy) is 3. The Balaban J connectivity index is 2.01. The number of carbonyl (C=O) groups is 3. The lowest BCUT2D eigenvalue weighted by Gasteiger charge is -2.30. The molecule has 0 saturated carbocycles. The second kappa shape index (κ2) is 14.1. The number of fused-ring (bicyclic) bond motifs is 7. The van der Waals surface area contributed by atoms with Crippen molar-refractivity contribution in [1.29, 1.82) is 0 Å². The van der Waals surface area contributed by atoms with Gasteiger partial charge in [0.15, 0.2) is 23.5 Å². The van der Waals surface area contributed by atoms with Crippen LogP contribution in [-0.2, 0) is 27.2 Å². The molecule has 2 aliphatic rings. The van der Waals surface area contributed by atoms with Crippen molar-refractivity contribution < 1.29 is 33.6 Å². The highest BCUT2D eigenvalue weighted by atomic mass is 16.6. The molecule has 1 N–H and O–H groups in total. The van der Waals surface area contributed by atoms with Gasteiger partial charge in [-0.25, -0.2) is 0 Å². The standard InChI is InChI=1S/C32H42N2O6/c1-7-8-9-10-11-27(35)26-19-23-14-17-28(38-6)29(20-23)39-25-15-12-22(13-16-25)18-24(30(36)34(26)5)21-33-31(37)40-32(2,3)4/h12-17,20-21,24,26H,7-11,18-19H2,1-6H3/p+1/b33-21+/t24?,26-/m0/s1. The lowest BCUT2D eigenvalue weighted by atomic mass is 9.94. The number of ketones is 1. The van der Waals surface area contributed by atoms with Gasteiger partial charge < -0.3 is 19.1 Å². The summed E-state index contributed by atoms with van der Waals surface area (Å²) in [6.45, 7) is 7.46. The number of hydrogen-bond acceptors (Lipinski definition) is 6. The van der Waals surface area contributed by atoms with Crippen LogP contribution in [-0.4, -0.2) is 54.7 Å². The Kier molecular flexibility index (Phi) is 10.9. The highest BCUT2D eigenvalue weighted by Crippen LogP contribution is 2.34. The van der Waals surface area contributed by atoms with Crippen LogP contribution in [0, 0.1) is 5.92 Å². The minimum atomic E-state index is -0.714. The molecule has 8 heteroatoms. The zero-order valence-corrected chi connectivity index (χ0v) is 24.6. The van der Waals surface area contributed by atoms with Crippen molar-refractivity contribution in [2.45, 2.75) is 84.3 Å². The van der Waals surface area contributed by atoms with E-state index in [4.69, 9.17) is 14.2 Å². The number of Topliss-reactive ketones (excluding diaryl/α,β-unsaturated/α-hetero) is 1. The van der Waals surface area contributed by atoms with Gasteiger partial charge in [0, 0.05) is 19.9 Å². The third-order valence-electron chi connectivity index (χ3n) is 6.85. The molecule has 40 heavy (non-hydrogen) atoms. The number of carbonyl (C=O) groups excluding carboxylic acids is 3. The molecule has 1 unspecified atom stereocenters. The SMILES string of the molecule is CCCCCCC(=O)[C@@H]1Cc2ccc(OC)c(c2)Oc2ccc(cc2)CC(/C=[NH+]/C(=O)OC(C)(C)C)C(=O)N1C. The summed E-state index contributed by atoms with van der Waals surface area (Å²) in [7, 11) is 3.25. The Hall–Kier alpha value is -3.68. The Morgan fingerprint density at radius 2 is 1.75 bits per heavy atom. The summed E-state index contributed by atoms with van der Waals surface area (Å²) in [4.78, 5) is 44.1. The van der Waals surface area contributed by atoms with Crippen molar-refractivity contribution in [3.05, 3.63) is 53.6 Å². The highest BCUT2D eigenvalue weighted by Gasteiger charge is 2.33. The lowest BCUT2D eigenvalue weighted by Crippen LogP contribution is -2.76. The number of rotatable bonds is 8. The summed E-state index contributed by atoms with van der Waals surface area (Å²) in [5.74, 6) is 0.786. The lowest BCUT2D eigenvalue weighted by molar-refractivity contribution is -0.371. The van der Waals surface area contributed by atoms with Gasteiger partial charge in [-0.2, -0.15) is 4.79 Å². The molecule has 2 aromatic carbocycles. The predicted octanol–water partition coefficient (Wildman–Crippen LogP) is 4.66. The number of nitrogens with zero attached hydrogens (tertiary/aromatic N) is 1. The Labute approximate surface area is 237 Å². The third-order valence-corrected chi connectivity index (χ3v) is 6.85. The first-order chi connectivity index (χ1) is 19.0. The van der Waals surface area contributed by atoms with Crippen LogP contribution >= 0.6 is 0 Å². The number of amides is 2. The smallest absolute Gasteiger partial charge is 0.493 e. The van der Waals surface area contributed by atoms with Crippen molar-refractivity contribution in [3.8, 4) is 17.2 Å². The number of likely N-dealkylation sites (N-methyl/N-ethyl adjacent to an activating group) is 1. The van der Waals surface area contributed by atoms with Crippen molar-refractivity contribution in [3.63, 3.8) is 0 Å². The van der Waals surface area contributed by atoms with Crippen LogP contribution in [0.3, 0.4) is 0 Å². The van der Waals surface area contributed by atoms with E-state index >= 15 is 0 Å². The van der Waals surface area contributed by atoms with Gasteiger partial charge in [-0.15, -0.1) is 4.99 Å². The summed E-state index contributed by atoms with van der Waals surface area (Å²) < 4.78 is 17.0. The fourth-order valence-corrected chi connectivity index (χ4v) is 4.69. The molecule has 4 bridgehead atoms. The first-order valence-electron chi connectivity index (χ1n) is 14.1. The van der Waals surface area contributed by atoms with E-state index < -0.39 is 23.7 Å². The van der Waals surface area contributed by atoms with Crippen LogP contribution in [0.4, 0.5) is 4.79 Å². The molecular weight excluding hydrogens is 508 g/mol. The third kappa shape index (κ3) is 8.93. The molecule has 2 amide bonds. The van der Waals surface area contributed by atoms with E-state index in [9.17, 15) is 14.4 Å². The molecule has 216 valence electrons. The Morgan fingerprint density at radius 3 is 2.40 bits per heavy atom. The maximum atomic E-state index is 13.9. The number of benzene rings is 2. The molecule has 2 heterocycles. The van der Waals surface area contributed by atoms with Crippen LogP contribution in [0.2, 0.25) is 0 Å². The number of unbranched alkanes of at least 4 members (excludes halogenated alkanes) is 3. The van der Waals surface area contributed by atoms with Gasteiger partial charge in [0.05, 0.1) is 13.2 Å². The monoisotopic (exact) mass is 551 g/mol. The molecule has 0 fully saturated rings. The highest BCUT2D eigenvalue weighted by molar-refractivity contribution is 5.96. The summed E-state index contributed by atoms with van der Waals surface area (Å²) >= 11 is 0. The molecule has 2 atom stereocenters. The fraction of sp³-hybridized carbons (Fsp3) is 0.500. The van der Waals surface area contributed by atoms with E-state index in [2.05, 4.69) is 11.9 Å². The van der Waals surface area contributed by atoms with Crippen molar-refractivity contribution in [2.24, 2.45) is 5.92 Å². The van der Waals surface area contributed by atoms with Crippen molar-refractivity contribution in [2.75, 3.05) is 14.2 Å². The van der Waals surface area contributed by atoms with E-state index in [1.807, 2.05) is 42.5 Å². The first-order valence-corrected chi connectivity index (χ1v) is 14.1. The topological polar surface area (TPSA) is 96.1 Å². The average molecular weight is 552 g/mol. The van der Waals surface area contributed by atoms with Gasteiger partial charge in [0.2, 0.25) is 5.91 Å². The van der Waals surface area contributed by atoms with Gasteiger partial charge >= 0.3 is 6.09 Å². The number of nitrogens with one attached hydrogen (secondary N) is 1. The Morgan fingerprint density at radius 1 is 1.05 bits per heavy atom. The molecule has 0 aromatic heterocycles. The van der Waals surface area contributed by atoms with Crippen molar-refractivity contribution in [1.82, 2.24) is 4.90 Å². The van der Waals surface area contributed by atoms with E-state index in [1.54, 1.807) is 34.9 Å². The largest absolute Gasteiger partial charge is 0.594 e. The molecule has 0 spiro atoms.